The highest BCUT2D eigenvalue weighted by Gasteiger charge is 2.10. The molecular formula is C18H24N2O. The van der Waals surface area contributed by atoms with Crippen molar-refractivity contribution in [1.82, 2.24) is 0 Å². The van der Waals surface area contributed by atoms with E-state index in [1.807, 2.05) is 18.2 Å². The van der Waals surface area contributed by atoms with Crippen LogP contribution in [-0.4, -0.2) is 20.7 Å². The molecule has 3 nitrogen and oxygen atoms in total. The average Bonchev–Trinajstić information content (AvgIpc) is 2.54. The molecule has 0 aliphatic carbocycles. The third kappa shape index (κ3) is 3.99. The molecule has 1 unspecified atom stereocenters. The topological polar surface area (TPSA) is 38.5 Å². The molecule has 2 aromatic rings. The van der Waals surface area contributed by atoms with Crippen LogP contribution in [0.4, 0.5) is 5.69 Å². The van der Waals surface area contributed by atoms with Gasteiger partial charge in [-0.3, -0.25) is 0 Å². The molecule has 0 spiro atoms. The highest BCUT2D eigenvalue weighted by atomic mass is 16.5. The zero-order valence-corrected chi connectivity index (χ0v) is 13.0. The second-order valence-corrected chi connectivity index (χ2v) is 5.28. The highest BCUT2D eigenvalue weighted by Crippen LogP contribution is 2.22. The number of nitrogens with zero attached hydrogens (tertiary/aromatic N) is 1. The second-order valence-electron chi connectivity index (χ2n) is 5.28. The maximum absolute atomic E-state index is 6.32. The number of hydrogen-bond acceptors (Lipinski definition) is 3. The summed E-state index contributed by atoms with van der Waals surface area (Å²) < 4.78 is 5.26. The number of likely N-dealkylation sites (N-methyl/N-ethyl adjacent to an activating group) is 1. The first kappa shape index (κ1) is 15.4. The molecule has 2 aromatic carbocycles. The number of ether oxygens (including phenoxy) is 1. The van der Waals surface area contributed by atoms with Crippen molar-refractivity contribution >= 4 is 5.69 Å². The van der Waals surface area contributed by atoms with Crippen LogP contribution in [0.3, 0.4) is 0 Å². The Labute approximate surface area is 127 Å². The van der Waals surface area contributed by atoms with Gasteiger partial charge in [-0.2, -0.15) is 0 Å². The molecule has 0 saturated carbocycles. The lowest BCUT2D eigenvalue weighted by molar-refractivity contribution is 0.415. The molecule has 1 atom stereocenters. The minimum Gasteiger partial charge on any atom is -0.497 e. The van der Waals surface area contributed by atoms with E-state index in [9.17, 15) is 0 Å². The monoisotopic (exact) mass is 284 g/mol. The molecule has 0 heterocycles. The van der Waals surface area contributed by atoms with Gasteiger partial charge in [0.15, 0.2) is 0 Å². The zero-order valence-electron chi connectivity index (χ0n) is 13.0. The van der Waals surface area contributed by atoms with Crippen LogP contribution >= 0.6 is 0 Å². The Kier molecular flexibility index (Phi) is 5.23. The molecule has 2 rings (SSSR count). The third-order valence-corrected chi connectivity index (χ3v) is 3.78. The van der Waals surface area contributed by atoms with Gasteiger partial charge < -0.3 is 15.4 Å². The molecule has 0 radical (unpaired) electrons. The molecule has 0 aromatic heterocycles. The van der Waals surface area contributed by atoms with Gasteiger partial charge in [-0.15, -0.1) is 0 Å². The van der Waals surface area contributed by atoms with E-state index < -0.39 is 0 Å². The zero-order chi connectivity index (χ0) is 15.2. The minimum absolute atomic E-state index is 0.00731. The van der Waals surface area contributed by atoms with Gasteiger partial charge in [0.2, 0.25) is 0 Å². The SMILES string of the molecule is CCc1ccc(C(N)CN(C)c2cccc(OC)c2)cc1. The molecule has 0 aliphatic rings. The van der Waals surface area contributed by atoms with Gasteiger partial charge in [-0.05, 0) is 29.7 Å². The van der Waals surface area contributed by atoms with Crippen LogP contribution < -0.4 is 15.4 Å². The Morgan fingerprint density at radius 3 is 2.48 bits per heavy atom. The van der Waals surface area contributed by atoms with Crippen molar-refractivity contribution in [2.75, 3.05) is 25.6 Å². The fourth-order valence-electron chi connectivity index (χ4n) is 2.35. The van der Waals surface area contributed by atoms with Crippen LogP contribution in [0, 0.1) is 0 Å². The molecule has 2 N–H and O–H groups in total. The smallest absolute Gasteiger partial charge is 0.120 e. The van der Waals surface area contributed by atoms with Crippen molar-refractivity contribution in [1.29, 1.82) is 0 Å². The lowest BCUT2D eigenvalue weighted by atomic mass is 10.0. The van der Waals surface area contributed by atoms with Crippen LogP contribution in [0.25, 0.3) is 0 Å². The van der Waals surface area contributed by atoms with E-state index in [0.29, 0.717) is 0 Å². The fraction of sp³-hybridized carbons (Fsp3) is 0.333. The predicted molar refractivity (Wildman–Crippen MR) is 89.0 cm³/mol. The van der Waals surface area contributed by atoms with Crippen LogP contribution in [-0.2, 0) is 6.42 Å². The maximum atomic E-state index is 6.32. The lowest BCUT2D eigenvalue weighted by Crippen LogP contribution is -2.28. The molecule has 0 bridgehead atoms. The van der Waals surface area contributed by atoms with Gasteiger partial charge in [-0.1, -0.05) is 37.3 Å². The van der Waals surface area contributed by atoms with E-state index >= 15 is 0 Å². The summed E-state index contributed by atoms with van der Waals surface area (Å²) in [6.45, 7) is 2.92. The summed E-state index contributed by atoms with van der Waals surface area (Å²) in [5.74, 6) is 0.861. The van der Waals surface area contributed by atoms with E-state index in [-0.39, 0.29) is 6.04 Å². The van der Waals surface area contributed by atoms with Crippen LogP contribution in [0.1, 0.15) is 24.1 Å². The van der Waals surface area contributed by atoms with Crippen LogP contribution in [0.2, 0.25) is 0 Å². The molecular weight excluding hydrogens is 260 g/mol. The van der Waals surface area contributed by atoms with Crippen molar-refractivity contribution in [3.63, 3.8) is 0 Å². The predicted octanol–water partition coefficient (Wildman–Crippen LogP) is 3.39. The van der Waals surface area contributed by atoms with E-state index in [1.165, 1.54) is 11.1 Å². The van der Waals surface area contributed by atoms with Crippen molar-refractivity contribution in [2.24, 2.45) is 5.73 Å². The Bertz CT molecular complexity index is 566. The van der Waals surface area contributed by atoms with Crippen LogP contribution in [0.5, 0.6) is 5.75 Å². The number of nitrogens with two attached hydrogens (primary N) is 1. The van der Waals surface area contributed by atoms with E-state index in [0.717, 1.165) is 24.4 Å². The maximum Gasteiger partial charge on any atom is 0.120 e. The quantitative estimate of drug-likeness (QED) is 0.883. The third-order valence-electron chi connectivity index (χ3n) is 3.78. The summed E-state index contributed by atoms with van der Waals surface area (Å²) in [5.41, 5.74) is 9.94. The number of benzene rings is 2. The standard InChI is InChI=1S/C18H24N2O/c1-4-14-8-10-15(11-9-14)18(19)13-20(2)16-6-5-7-17(12-16)21-3/h5-12,18H,4,13,19H2,1-3H3. The summed E-state index contributed by atoms with van der Waals surface area (Å²) >= 11 is 0. The minimum atomic E-state index is -0.00731. The molecule has 0 aliphatic heterocycles. The number of rotatable bonds is 6. The number of anilines is 1. The first-order valence-corrected chi connectivity index (χ1v) is 7.33. The Hall–Kier alpha value is -2.00. The van der Waals surface area contributed by atoms with Crippen molar-refractivity contribution in [3.8, 4) is 5.75 Å². The first-order valence-electron chi connectivity index (χ1n) is 7.33. The normalized spacial score (nSPS) is 12.0. The number of methoxy groups -OCH3 is 1. The molecule has 21 heavy (non-hydrogen) atoms. The van der Waals surface area contributed by atoms with Gasteiger partial charge in [0.1, 0.15) is 5.75 Å². The summed E-state index contributed by atoms with van der Waals surface area (Å²) in [6.07, 6.45) is 1.05. The molecule has 3 heteroatoms. The van der Waals surface area contributed by atoms with Gasteiger partial charge in [0, 0.05) is 31.4 Å². The van der Waals surface area contributed by atoms with Gasteiger partial charge >= 0.3 is 0 Å². The summed E-state index contributed by atoms with van der Waals surface area (Å²) in [4.78, 5) is 2.15. The molecule has 0 saturated heterocycles. The number of hydrogen-bond donors (Lipinski definition) is 1. The lowest BCUT2D eigenvalue weighted by Gasteiger charge is -2.24. The second kappa shape index (κ2) is 7.14. The Morgan fingerprint density at radius 1 is 1.14 bits per heavy atom. The van der Waals surface area contributed by atoms with Gasteiger partial charge in [0.05, 0.1) is 7.11 Å². The summed E-state index contributed by atoms with van der Waals surface area (Å²) in [6, 6.07) is 16.6. The molecule has 0 fully saturated rings. The summed E-state index contributed by atoms with van der Waals surface area (Å²) in [7, 11) is 3.73. The Morgan fingerprint density at radius 2 is 1.86 bits per heavy atom. The molecule has 112 valence electrons. The molecule has 0 amide bonds. The largest absolute Gasteiger partial charge is 0.497 e. The van der Waals surface area contributed by atoms with Crippen molar-refractivity contribution < 1.29 is 4.74 Å². The highest BCUT2D eigenvalue weighted by molar-refractivity contribution is 5.50. The van der Waals surface area contributed by atoms with Gasteiger partial charge in [0.25, 0.3) is 0 Å². The van der Waals surface area contributed by atoms with Crippen molar-refractivity contribution in [3.05, 3.63) is 59.7 Å². The van der Waals surface area contributed by atoms with Gasteiger partial charge in [-0.25, -0.2) is 0 Å². The fourth-order valence-corrected chi connectivity index (χ4v) is 2.35. The van der Waals surface area contributed by atoms with E-state index in [4.69, 9.17) is 10.5 Å². The first-order chi connectivity index (χ1) is 10.1. The van der Waals surface area contributed by atoms with Crippen LogP contribution in [0.15, 0.2) is 48.5 Å². The van der Waals surface area contributed by atoms with Crippen molar-refractivity contribution in [2.45, 2.75) is 19.4 Å². The number of aryl methyl sites for hydroxylation is 1. The summed E-state index contributed by atoms with van der Waals surface area (Å²) in [5, 5.41) is 0. The van der Waals surface area contributed by atoms with E-state index in [1.54, 1.807) is 7.11 Å². The van der Waals surface area contributed by atoms with E-state index in [2.05, 4.69) is 49.2 Å². The Balaban J connectivity index is 2.04. The average molecular weight is 284 g/mol.